The first-order valence-corrected chi connectivity index (χ1v) is 8.47. The average Bonchev–Trinajstić information content (AvgIpc) is 2.88. The van der Waals surface area contributed by atoms with Crippen LogP contribution >= 0.6 is 0 Å². The Kier molecular flexibility index (Phi) is 4.71. The fraction of sp³-hybridized carbons (Fsp3) is 0.190. The Morgan fingerprint density at radius 3 is 2.15 bits per heavy atom. The lowest BCUT2D eigenvalue weighted by molar-refractivity contribution is -0.255. The summed E-state index contributed by atoms with van der Waals surface area (Å²) >= 11 is 0. The van der Waals surface area contributed by atoms with Crippen molar-refractivity contribution >= 4 is 29.3 Å². The smallest absolute Gasteiger partial charge is 0.197 e. The number of carboxylic acids is 1. The zero-order valence-corrected chi connectivity index (χ0v) is 14.6. The fourth-order valence-corrected chi connectivity index (χ4v) is 3.12. The van der Waals surface area contributed by atoms with Crippen LogP contribution in [-0.2, 0) is 0 Å². The Labute approximate surface area is 151 Å². The van der Waals surface area contributed by atoms with Crippen molar-refractivity contribution in [1.82, 2.24) is 0 Å². The molecule has 5 nitrogen and oxygen atoms in total. The molecule has 0 spiro atoms. The van der Waals surface area contributed by atoms with Crippen LogP contribution in [0.5, 0.6) is 0 Å². The van der Waals surface area contributed by atoms with Crippen LogP contribution in [0.25, 0.3) is 6.08 Å². The first kappa shape index (κ1) is 17.6. The van der Waals surface area contributed by atoms with Crippen molar-refractivity contribution in [3.8, 4) is 0 Å². The van der Waals surface area contributed by atoms with Gasteiger partial charge in [-0.2, -0.15) is 0 Å². The number of hydrogen-bond acceptors (Lipinski definition) is 5. The van der Waals surface area contributed by atoms with Crippen LogP contribution in [0.3, 0.4) is 0 Å². The van der Waals surface area contributed by atoms with Crippen molar-refractivity contribution in [2.24, 2.45) is 0 Å². The lowest BCUT2D eigenvalue weighted by Gasteiger charge is -2.20. The van der Waals surface area contributed by atoms with Gasteiger partial charge in [0.05, 0.1) is 11.5 Å². The number of fused-ring (bicyclic) bond motifs is 1. The molecule has 2 aromatic carbocycles. The minimum absolute atomic E-state index is 0.0473. The second kappa shape index (κ2) is 6.96. The van der Waals surface area contributed by atoms with Crippen LogP contribution in [0.4, 0.5) is 5.69 Å². The van der Waals surface area contributed by atoms with Gasteiger partial charge >= 0.3 is 0 Å². The summed E-state index contributed by atoms with van der Waals surface area (Å²) in [7, 11) is 0. The van der Waals surface area contributed by atoms with Crippen LogP contribution in [0.1, 0.15) is 50.5 Å². The second-order valence-corrected chi connectivity index (χ2v) is 6.03. The number of anilines is 1. The van der Waals surface area contributed by atoms with Gasteiger partial charge in [-0.05, 0) is 55.3 Å². The van der Waals surface area contributed by atoms with Crippen molar-refractivity contribution in [1.29, 1.82) is 0 Å². The molecular weight excluding hydrogens is 330 g/mol. The van der Waals surface area contributed by atoms with Gasteiger partial charge in [0.25, 0.3) is 0 Å². The van der Waals surface area contributed by atoms with E-state index >= 15 is 0 Å². The molecule has 0 saturated heterocycles. The van der Waals surface area contributed by atoms with Crippen LogP contribution in [-0.4, -0.2) is 30.6 Å². The van der Waals surface area contributed by atoms with Gasteiger partial charge in [-0.25, -0.2) is 0 Å². The first-order chi connectivity index (χ1) is 12.5. The molecule has 0 bridgehead atoms. The third kappa shape index (κ3) is 3.04. The van der Waals surface area contributed by atoms with Gasteiger partial charge in [0.2, 0.25) is 0 Å². The zero-order chi connectivity index (χ0) is 18.8. The molecule has 0 radical (unpaired) electrons. The monoisotopic (exact) mass is 348 g/mol. The number of rotatable bonds is 5. The lowest BCUT2D eigenvalue weighted by Crippen LogP contribution is -2.22. The van der Waals surface area contributed by atoms with Gasteiger partial charge < -0.3 is 14.8 Å². The van der Waals surface area contributed by atoms with Gasteiger partial charge in [0, 0.05) is 29.9 Å². The lowest BCUT2D eigenvalue weighted by atomic mass is 10.1. The standard InChI is InChI=1S/C21H19NO4/c1-3-22(4-2)15-8-5-13(6-9-15)11-18-19(23)16-10-7-14(21(25)26)12-17(16)20(18)24/h5-12H,3-4H2,1-2H3,(H,25,26)/p-1/b18-11-. The van der Waals surface area contributed by atoms with Crippen molar-refractivity contribution in [3.05, 3.63) is 70.3 Å². The van der Waals surface area contributed by atoms with Crippen LogP contribution in [0.2, 0.25) is 0 Å². The number of Topliss-reactive ketones (excluding diaryl/α,β-unsaturated/α-hetero) is 2. The molecule has 1 aliphatic carbocycles. The van der Waals surface area contributed by atoms with E-state index in [4.69, 9.17) is 0 Å². The summed E-state index contributed by atoms with van der Waals surface area (Å²) in [5, 5.41) is 11.0. The molecule has 5 heteroatoms. The van der Waals surface area contributed by atoms with Crippen molar-refractivity contribution in [2.45, 2.75) is 13.8 Å². The zero-order valence-electron chi connectivity index (χ0n) is 14.6. The van der Waals surface area contributed by atoms with E-state index in [9.17, 15) is 19.5 Å². The quantitative estimate of drug-likeness (QED) is 0.612. The maximum absolute atomic E-state index is 12.5. The number of ketones is 2. The van der Waals surface area contributed by atoms with Gasteiger partial charge in [0.15, 0.2) is 11.6 Å². The molecule has 2 aromatic rings. The van der Waals surface area contributed by atoms with E-state index in [1.807, 2.05) is 24.3 Å². The second-order valence-electron chi connectivity index (χ2n) is 6.03. The summed E-state index contributed by atoms with van der Waals surface area (Å²) in [6.45, 7) is 5.94. The van der Waals surface area contributed by atoms with E-state index in [-0.39, 0.29) is 28.0 Å². The van der Waals surface area contributed by atoms with Crippen molar-refractivity contribution < 1.29 is 19.5 Å². The molecule has 0 fully saturated rings. The minimum atomic E-state index is -1.38. The number of aromatic carboxylic acids is 1. The average molecular weight is 348 g/mol. The van der Waals surface area contributed by atoms with Gasteiger partial charge in [-0.1, -0.05) is 18.2 Å². The largest absolute Gasteiger partial charge is 0.545 e. The van der Waals surface area contributed by atoms with Crippen LogP contribution < -0.4 is 10.0 Å². The molecule has 0 aliphatic heterocycles. The Hall–Kier alpha value is -3.21. The van der Waals surface area contributed by atoms with E-state index in [2.05, 4.69) is 18.7 Å². The number of benzene rings is 2. The molecule has 0 atom stereocenters. The molecule has 1 aliphatic rings. The summed E-state index contributed by atoms with van der Waals surface area (Å²) in [6.07, 6.45) is 1.55. The van der Waals surface area contributed by atoms with E-state index in [0.717, 1.165) is 24.3 Å². The molecule has 132 valence electrons. The van der Waals surface area contributed by atoms with E-state index in [0.29, 0.717) is 0 Å². The Bertz CT molecular complexity index is 922. The third-order valence-corrected chi connectivity index (χ3v) is 4.57. The fourth-order valence-electron chi connectivity index (χ4n) is 3.12. The van der Waals surface area contributed by atoms with E-state index in [1.165, 1.54) is 18.2 Å². The Balaban J connectivity index is 1.93. The summed E-state index contributed by atoms with van der Waals surface area (Å²) < 4.78 is 0. The Morgan fingerprint density at radius 1 is 0.962 bits per heavy atom. The Morgan fingerprint density at radius 2 is 1.58 bits per heavy atom. The normalized spacial score (nSPS) is 14.6. The predicted octanol–water partition coefficient (Wildman–Crippen LogP) is 2.36. The summed E-state index contributed by atoms with van der Waals surface area (Å²) in [4.78, 5) is 38.2. The van der Waals surface area contributed by atoms with E-state index in [1.54, 1.807) is 6.08 Å². The molecule has 0 unspecified atom stereocenters. The number of hydrogen-bond donors (Lipinski definition) is 0. The van der Waals surface area contributed by atoms with Crippen LogP contribution in [0.15, 0.2) is 48.0 Å². The van der Waals surface area contributed by atoms with E-state index < -0.39 is 11.8 Å². The predicted molar refractivity (Wildman–Crippen MR) is 97.4 cm³/mol. The number of carbonyl (C=O) groups is 3. The molecule has 0 amide bonds. The van der Waals surface area contributed by atoms with Gasteiger partial charge in [-0.3, -0.25) is 9.59 Å². The summed E-state index contributed by atoms with van der Waals surface area (Å²) in [5.41, 5.74) is 2.09. The number of allylic oxidation sites excluding steroid dienone is 1. The first-order valence-electron chi connectivity index (χ1n) is 8.47. The number of nitrogens with zero attached hydrogens (tertiary/aromatic N) is 1. The highest BCUT2D eigenvalue weighted by molar-refractivity contribution is 6.41. The highest BCUT2D eigenvalue weighted by atomic mass is 16.4. The highest BCUT2D eigenvalue weighted by Crippen LogP contribution is 2.29. The SMILES string of the molecule is CCN(CC)c1ccc(/C=C2/C(=O)c3ccc(C(=O)[O-])cc3C2=O)cc1. The topological polar surface area (TPSA) is 77.5 Å². The maximum Gasteiger partial charge on any atom is 0.197 e. The third-order valence-electron chi connectivity index (χ3n) is 4.57. The maximum atomic E-state index is 12.5. The highest BCUT2D eigenvalue weighted by Gasteiger charge is 2.33. The molecule has 26 heavy (non-hydrogen) atoms. The van der Waals surface area contributed by atoms with Crippen LogP contribution in [0, 0.1) is 0 Å². The summed E-state index contributed by atoms with van der Waals surface area (Å²) in [5.74, 6) is -2.22. The number of carbonyl (C=O) groups excluding carboxylic acids is 3. The minimum Gasteiger partial charge on any atom is -0.545 e. The molecule has 0 N–H and O–H groups in total. The van der Waals surface area contributed by atoms with Gasteiger partial charge in [0.1, 0.15) is 0 Å². The number of carboxylic acid groups (broad SMARTS) is 1. The molecular formula is C21H18NO4-. The van der Waals surface area contributed by atoms with Crippen molar-refractivity contribution in [3.63, 3.8) is 0 Å². The molecule has 0 aromatic heterocycles. The summed E-state index contributed by atoms with van der Waals surface area (Å²) in [6, 6.07) is 11.5. The van der Waals surface area contributed by atoms with Gasteiger partial charge in [-0.15, -0.1) is 0 Å². The van der Waals surface area contributed by atoms with Crippen molar-refractivity contribution in [2.75, 3.05) is 18.0 Å². The molecule has 0 saturated carbocycles. The molecule has 0 heterocycles. The molecule has 3 rings (SSSR count).